The number of hydrogen-bond acceptors (Lipinski definition) is 4. The monoisotopic (exact) mass is 294 g/mol. The van der Waals surface area contributed by atoms with Crippen LogP contribution in [-0.4, -0.2) is 25.8 Å². The molecule has 0 saturated carbocycles. The molecule has 0 aliphatic heterocycles. The van der Waals surface area contributed by atoms with Gasteiger partial charge < -0.3 is 10.6 Å². The van der Waals surface area contributed by atoms with Gasteiger partial charge in [-0.25, -0.2) is 19.4 Å². The van der Waals surface area contributed by atoms with Gasteiger partial charge in [-0.05, 0) is 17.7 Å². The van der Waals surface area contributed by atoms with E-state index < -0.39 is 0 Å². The van der Waals surface area contributed by atoms with E-state index in [9.17, 15) is 4.79 Å². The number of anilines is 1. The van der Waals surface area contributed by atoms with Crippen LogP contribution >= 0.6 is 0 Å². The minimum atomic E-state index is -0.279. The molecule has 2 N–H and O–H groups in total. The molecule has 2 heterocycles. The Balaban J connectivity index is 1.55. The van der Waals surface area contributed by atoms with Crippen LogP contribution in [0.15, 0.2) is 61.3 Å². The summed E-state index contributed by atoms with van der Waals surface area (Å²) in [5, 5.41) is 9.49. The Kier molecular flexibility index (Phi) is 4.05. The lowest BCUT2D eigenvalue weighted by molar-refractivity contribution is 0.251. The average Bonchev–Trinajstić information content (AvgIpc) is 3.09. The van der Waals surface area contributed by atoms with Crippen molar-refractivity contribution in [2.75, 3.05) is 5.32 Å². The largest absolute Gasteiger partial charge is 0.334 e. The molecule has 3 rings (SSSR count). The molecule has 0 atom stereocenters. The first kappa shape index (κ1) is 13.7. The summed E-state index contributed by atoms with van der Waals surface area (Å²) in [5.41, 5.74) is 1.65. The Morgan fingerprint density at radius 1 is 1.14 bits per heavy atom. The molecule has 1 aromatic carbocycles. The van der Waals surface area contributed by atoms with Gasteiger partial charge in [-0.15, -0.1) is 0 Å². The molecule has 2 aromatic heterocycles. The summed E-state index contributed by atoms with van der Waals surface area (Å²) < 4.78 is 1.54. The zero-order valence-corrected chi connectivity index (χ0v) is 11.7. The van der Waals surface area contributed by atoms with E-state index in [1.54, 1.807) is 29.3 Å². The number of urea groups is 1. The minimum absolute atomic E-state index is 0.279. The van der Waals surface area contributed by atoms with Crippen molar-refractivity contribution in [2.24, 2.45) is 0 Å². The number of benzene rings is 1. The van der Waals surface area contributed by atoms with Crippen LogP contribution in [0.3, 0.4) is 0 Å². The third kappa shape index (κ3) is 3.45. The molecule has 2 amide bonds. The molecule has 0 saturated heterocycles. The van der Waals surface area contributed by atoms with Crippen LogP contribution in [0.4, 0.5) is 10.5 Å². The van der Waals surface area contributed by atoms with Gasteiger partial charge in [-0.1, -0.05) is 30.3 Å². The third-order valence-electron chi connectivity index (χ3n) is 2.96. The first-order valence-corrected chi connectivity index (χ1v) is 6.71. The average molecular weight is 294 g/mol. The van der Waals surface area contributed by atoms with E-state index >= 15 is 0 Å². The van der Waals surface area contributed by atoms with Crippen LogP contribution in [0.25, 0.3) is 5.82 Å². The van der Waals surface area contributed by atoms with E-state index in [1.807, 2.05) is 30.3 Å². The SMILES string of the molecule is O=C(NCc1ccccc1)Nc1ccc(-n2cncn2)nc1. The summed E-state index contributed by atoms with van der Waals surface area (Å²) in [4.78, 5) is 19.9. The Morgan fingerprint density at radius 3 is 2.68 bits per heavy atom. The smallest absolute Gasteiger partial charge is 0.319 e. The zero-order valence-electron chi connectivity index (χ0n) is 11.7. The Labute approximate surface area is 127 Å². The van der Waals surface area contributed by atoms with Crippen LogP contribution < -0.4 is 10.6 Å². The molecule has 0 aliphatic carbocycles. The highest BCUT2D eigenvalue weighted by Crippen LogP contribution is 2.08. The van der Waals surface area contributed by atoms with Gasteiger partial charge in [0, 0.05) is 6.54 Å². The summed E-state index contributed by atoms with van der Waals surface area (Å²) in [5.74, 6) is 0.632. The maximum Gasteiger partial charge on any atom is 0.319 e. The first-order chi connectivity index (χ1) is 10.8. The number of carbonyl (C=O) groups is 1. The lowest BCUT2D eigenvalue weighted by Crippen LogP contribution is -2.28. The van der Waals surface area contributed by atoms with E-state index in [-0.39, 0.29) is 6.03 Å². The fourth-order valence-electron chi connectivity index (χ4n) is 1.88. The summed E-state index contributed by atoms with van der Waals surface area (Å²) in [6, 6.07) is 12.9. The second-order valence-corrected chi connectivity index (χ2v) is 4.54. The van der Waals surface area contributed by atoms with Gasteiger partial charge >= 0.3 is 6.03 Å². The van der Waals surface area contributed by atoms with Crippen molar-refractivity contribution in [1.29, 1.82) is 0 Å². The van der Waals surface area contributed by atoms with Gasteiger partial charge in [-0.3, -0.25) is 0 Å². The number of nitrogens with zero attached hydrogens (tertiary/aromatic N) is 4. The van der Waals surface area contributed by atoms with E-state index in [2.05, 4.69) is 25.7 Å². The molecule has 22 heavy (non-hydrogen) atoms. The maximum absolute atomic E-state index is 11.8. The topological polar surface area (TPSA) is 84.7 Å². The molecule has 3 aromatic rings. The van der Waals surface area contributed by atoms with Crippen molar-refractivity contribution in [3.63, 3.8) is 0 Å². The van der Waals surface area contributed by atoms with E-state index in [4.69, 9.17) is 0 Å². The highest BCUT2D eigenvalue weighted by atomic mass is 16.2. The van der Waals surface area contributed by atoms with Crippen molar-refractivity contribution >= 4 is 11.7 Å². The number of rotatable bonds is 4. The van der Waals surface area contributed by atoms with Gasteiger partial charge in [0.05, 0.1) is 11.9 Å². The lowest BCUT2D eigenvalue weighted by atomic mass is 10.2. The Bertz CT molecular complexity index is 724. The van der Waals surface area contributed by atoms with Crippen molar-refractivity contribution < 1.29 is 4.79 Å². The molecule has 7 heteroatoms. The van der Waals surface area contributed by atoms with Gasteiger partial charge in [-0.2, -0.15) is 5.10 Å². The molecule has 7 nitrogen and oxygen atoms in total. The van der Waals surface area contributed by atoms with Crippen LogP contribution in [0.1, 0.15) is 5.56 Å². The molecule has 0 radical (unpaired) electrons. The Hall–Kier alpha value is -3.22. The fourth-order valence-corrected chi connectivity index (χ4v) is 1.88. The molecular weight excluding hydrogens is 280 g/mol. The van der Waals surface area contributed by atoms with Crippen molar-refractivity contribution in [3.8, 4) is 5.82 Å². The fraction of sp³-hybridized carbons (Fsp3) is 0.0667. The van der Waals surface area contributed by atoms with E-state index in [0.717, 1.165) is 5.56 Å². The molecular formula is C15H14N6O. The van der Waals surface area contributed by atoms with Crippen molar-refractivity contribution in [3.05, 3.63) is 66.9 Å². The molecule has 0 aliphatic rings. The number of carbonyl (C=O) groups excluding carboxylic acids is 1. The summed E-state index contributed by atoms with van der Waals surface area (Å²) in [7, 11) is 0. The number of hydrogen-bond donors (Lipinski definition) is 2. The maximum atomic E-state index is 11.8. The highest BCUT2D eigenvalue weighted by Gasteiger charge is 2.03. The predicted octanol–water partition coefficient (Wildman–Crippen LogP) is 1.98. The molecule has 0 unspecified atom stereocenters. The lowest BCUT2D eigenvalue weighted by Gasteiger charge is -2.08. The van der Waals surface area contributed by atoms with Crippen LogP contribution in [0.5, 0.6) is 0 Å². The summed E-state index contributed by atoms with van der Waals surface area (Å²) in [6.07, 6.45) is 4.56. The van der Waals surface area contributed by atoms with E-state index in [0.29, 0.717) is 18.1 Å². The molecule has 110 valence electrons. The van der Waals surface area contributed by atoms with Crippen molar-refractivity contribution in [2.45, 2.75) is 6.54 Å². The Morgan fingerprint density at radius 2 is 2.00 bits per heavy atom. The molecule has 0 spiro atoms. The van der Waals surface area contributed by atoms with Crippen LogP contribution in [0, 0.1) is 0 Å². The van der Waals surface area contributed by atoms with Crippen molar-refractivity contribution in [1.82, 2.24) is 25.1 Å². The first-order valence-electron chi connectivity index (χ1n) is 6.71. The van der Waals surface area contributed by atoms with Gasteiger partial charge in [0.25, 0.3) is 0 Å². The molecule has 0 bridgehead atoms. The van der Waals surface area contributed by atoms with Gasteiger partial charge in [0.1, 0.15) is 12.7 Å². The summed E-state index contributed by atoms with van der Waals surface area (Å²) in [6.45, 7) is 0.469. The van der Waals surface area contributed by atoms with Crippen LogP contribution in [0.2, 0.25) is 0 Å². The van der Waals surface area contributed by atoms with Gasteiger partial charge in [0.15, 0.2) is 5.82 Å². The second kappa shape index (κ2) is 6.49. The zero-order chi connectivity index (χ0) is 15.2. The third-order valence-corrected chi connectivity index (χ3v) is 2.96. The van der Waals surface area contributed by atoms with E-state index in [1.165, 1.54) is 6.33 Å². The van der Waals surface area contributed by atoms with Gasteiger partial charge in [0.2, 0.25) is 0 Å². The highest BCUT2D eigenvalue weighted by molar-refractivity contribution is 5.89. The normalized spacial score (nSPS) is 10.2. The number of nitrogens with one attached hydrogen (secondary N) is 2. The number of amides is 2. The van der Waals surface area contributed by atoms with Crippen LogP contribution in [-0.2, 0) is 6.54 Å². The number of aromatic nitrogens is 4. The quantitative estimate of drug-likeness (QED) is 0.770. The second-order valence-electron chi connectivity index (χ2n) is 4.54. The predicted molar refractivity (Wildman–Crippen MR) is 81.5 cm³/mol. The number of pyridine rings is 1. The summed E-state index contributed by atoms with van der Waals surface area (Å²) >= 11 is 0. The molecule has 0 fully saturated rings. The minimum Gasteiger partial charge on any atom is -0.334 e. The standard InChI is InChI=1S/C15H14N6O/c22-15(18-8-12-4-2-1-3-5-12)20-13-6-7-14(17-9-13)21-11-16-10-19-21/h1-7,9-11H,8H2,(H2,18,20,22).